The molecule has 0 aromatic heterocycles. The van der Waals surface area contributed by atoms with Crippen LogP contribution in [0.1, 0.15) is 30.7 Å². The smallest absolute Gasteiger partial charge is 0.191 e. The molecule has 1 aromatic carbocycles. The Morgan fingerprint density at radius 3 is 2.75 bits per heavy atom. The molecular formula is C19H27FN4. The molecule has 2 N–H and O–H groups in total. The Kier molecular flexibility index (Phi) is 5.51. The standard InChI is InChI=1S/C19H27FN4/c1-3-10-24-11-8-14(9-12-24)22-19(21-2)23-18-13-16(18)15-6-4-5-7-17(15)20/h3-7,14,16,18H,1,8-13H2,2H3,(H2,21,22,23). The van der Waals surface area contributed by atoms with Gasteiger partial charge in [0, 0.05) is 44.7 Å². The average Bonchev–Trinajstić information content (AvgIpc) is 3.35. The van der Waals surface area contributed by atoms with Crippen LogP contribution in [0.2, 0.25) is 0 Å². The molecule has 3 rings (SSSR count). The van der Waals surface area contributed by atoms with Gasteiger partial charge in [0.25, 0.3) is 0 Å². The zero-order chi connectivity index (χ0) is 16.9. The molecule has 1 saturated heterocycles. The predicted octanol–water partition coefficient (Wildman–Crippen LogP) is 2.50. The molecule has 0 amide bonds. The highest BCUT2D eigenvalue weighted by atomic mass is 19.1. The first kappa shape index (κ1) is 17.0. The number of nitrogens with zero attached hydrogens (tertiary/aromatic N) is 2. The van der Waals surface area contributed by atoms with Gasteiger partial charge in [-0.25, -0.2) is 4.39 Å². The lowest BCUT2D eigenvalue weighted by molar-refractivity contribution is 0.225. The van der Waals surface area contributed by atoms with E-state index in [1.54, 1.807) is 13.1 Å². The fourth-order valence-corrected chi connectivity index (χ4v) is 3.46. The number of benzene rings is 1. The number of hydrogen-bond acceptors (Lipinski definition) is 2. The van der Waals surface area contributed by atoms with E-state index in [2.05, 4.69) is 27.1 Å². The number of guanidine groups is 1. The number of nitrogens with one attached hydrogen (secondary N) is 2. The van der Waals surface area contributed by atoms with Gasteiger partial charge in [-0.3, -0.25) is 9.89 Å². The third kappa shape index (κ3) is 4.15. The van der Waals surface area contributed by atoms with E-state index in [1.165, 1.54) is 6.07 Å². The molecule has 1 aliphatic carbocycles. The summed E-state index contributed by atoms with van der Waals surface area (Å²) < 4.78 is 13.9. The molecular weight excluding hydrogens is 303 g/mol. The second kappa shape index (κ2) is 7.79. The highest BCUT2D eigenvalue weighted by molar-refractivity contribution is 5.80. The first-order chi connectivity index (χ1) is 11.7. The lowest BCUT2D eigenvalue weighted by Gasteiger charge is -2.32. The van der Waals surface area contributed by atoms with Gasteiger partial charge in [-0.1, -0.05) is 24.3 Å². The van der Waals surface area contributed by atoms with Crippen LogP contribution in [0, 0.1) is 5.82 Å². The minimum Gasteiger partial charge on any atom is -0.354 e. The lowest BCUT2D eigenvalue weighted by atomic mass is 10.1. The van der Waals surface area contributed by atoms with E-state index in [0.29, 0.717) is 6.04 Å². The van der Waals surface area contributed by atoms with Crippen LogP contribution in [-0.2, 0) is 0 Å². The Morgan fingerprint density at radius 2 is 2.08 bits per heavy atom. The summed E-state index contributed by atoms with van der Waals surface area (Å²) in [6.07, 6.45) is 5.13. The van der Waals surface area contributed by atoms with Crippen molar-refractivity contribution in [3.05, 3.63) is 48.3 Å². The van der Waals surface area contributed by atoms with Crippen LogP contribution in [0.5, 0.6) is 0 Å². The average molecular weight is 330 g/mol. The highest BCUT2D eigenvalue weighted by Crippen LogP contribution is 2.41. The second-order valence-electron chi connectivity index (χ2n) is 6.69. The number of rotatable bonds is 5. The topological polar surface area (TPSA) is 39.7 Å². The molecule has 1 saturated carbocycles. The number of halogens is 1. The largest absolute Gasteiger partial charge is 0.354 e. The zero-order valence-electron chi connectivity index (χ0n) is 14.3. The van der Waals surface area contributed by atoms with Crippen molar-refractivity contribution in [2.75, 3.05) is 26.7 Å². The van der Waals surface area contributed by atoms with Gasteiger partial charge in [-0.05, 0) is 30.9 Å². The normalized spacial score (nSPS) is 25.3. The van der Waals surface area contributed by atoms with E-state index < -0.39 is 0 Å². The van der Waals surface area contributed by atoms with Crippen molar-refractivity contribution in [1.29, 1.82) is 0 Å². The summed E-state index contributed by atoms with van der Waals surface area (Å²) in [5.41, 5.74) is 0.809. The van der Waals surface area contributed by atoms with Crippen LogP contribution in [0.3, 0.4) is 0 Å². The molecule has 24 heavy (non-hydrogen) atoms. The van der Waals surface area contributed by atoms with Gasteiger partial charge in [0.15, 0.2) is 5.96 Å². The minimum atomic E-state index is -0.107. The molecule has 2 unspecified atom stereocenters. The maximum Gasteiger partial charge on any atom is 0.191 e. The van der Waals surface area contributed by atoms with Gasteiger partial charge in [0.05, 0.1) is 0 Å². The fourth-order valence-electron chi connectivity index (χ4n) is 3.46. The van der Waals surface area contributed by atoms with Crippen LogP contribution in [0.25, 0.3) is 0 Å². The molecule has 0 spiro atoms. The number of aliphatic imine (C=N–C) groups is 1. The Bertz CT molecular complexity index is 593. The summed E-state index contributed by atoms with van der Waals surface area (Å²) in [4.78, 5) is 6.75. The van der Waals surface area contributed by atoms with Crippen molar-refractivity contribution in [2.24, 2.45) is 4.99 Å². The minimum absolute atomic E-state index is 0.107. The predicted molar refractivity (Wildman–Crippen MR) is 96.8 cm³/mol. The van der Waals surface area contributed by atoms with Crippen LogP contribution in [0.15, 0.2) is 41.9 Å². The van der Waals surface area contributed by atoms with E-state index in [9.17, 15) is 4.39 Å². The summed E-state index contributed by atoms with van der Waals surface area (Å²) in [5, 5.41) is 6.96. The SMILES string of the molecule is C=CCN1CCC(NC(=NC)NC2CC2c2ccccc2F)CC1. The van der Waals surface area contributed by atoms with Crippen LogP contribution in [-0.4, -0.2) is 49.6 Å². The van der Waals surface area contributed by atoms with E-state index in [0.717, 1.165) is 50.4 Å². The Labute approximate surface area is 143 Å². The van der Waals surface area contributed by atoms with Gasteiger partial charge in [-0.15, -0.1) is 6.58 Å². The van der Waals surface area contributed by atoms with Gasteiger partial charge in [0.1, 0.15) is 5.82 Å². The van der Waals surface area contributed by atoms with Gasteiger partial charge >= 0.3 is 0 Å². The summed E-state index contributed by atoms with van der Waals surface area (Å²) >= 11 is 0. The summed E-state index contributed by atoms with van der Waals surface area (Å²) in [6.45, 7) is 6.94. The van der Waals surface area contributed by atoms with Gasteiger partial charge in [0.2, 0.25) is 0 Å². The zero-order valence-corrected chi connectivity index (χ0v) is 14.3. The van der Waals surface area contributed by atoms with E-state index in [-0.39, 0.29) is 17.8 Å². The van der Waals surface area contributed by atoms with Crippen molar-refractivity contribution in [3.8, 4) is 0 Å². The van der Waals surface area contributed by atoms with Crippen LogP contribution in [0.4, 0.5) is 4.39 Å². The Hall–Kier alpha value is -1.88. The molecule has 2 aliphatic rings. The van der Waals surface area contributed by atoms with E-state index in [1.807, 2.05) is 18.2 Å². The van der Waals surface area contributed by atoms with E-state index >= 15 is 0 Å². The lowest BCUT2D eigenvalue weighted by Crippen LogP contribution is -2.49. The second-order valence-corrected chi connectivity index (χ2v) is 6.69. The molecule has 0 radical (unpaired) electrons. The van der Waals surface area contributed by atoms with Crippen molar-refractivity contribution < 1.29 is 4.39 Å². The molecule has 130 valence electrons. The summed E-state index contributed by atoms with van der Waals surface area (Å²) in [6, 6.07) is 7.78. The van der Waals surface area contributed by atoms with Crippen molar-refractivity contribution in [1.82, 2.24) is 15.5 Å². The number of piperidine rings is 1. The molecule has 5 heteroatoms. The molecule has 1 aliphatic heterocycles. The first-order valence-electron chi connectivity index (χ1n) is 8.78. The number of hydrogen-bond donors (Lipinski definition) is 2. The van der Waals surface area contributed by atoms with Crippen molar-refractivity contribution in [2.45, 2.75) is 37.3 Å². The quantitative estimate of drug-likeness (QED) is 0.495. The Balaban J connectivity index is 1.47. The van der Waals surface area contributed by atoms with Crippen LogP contribution < -0.4 is 10.6 Å². The van der Waals surface area contributed by atoms with E-state index in [4.69, 9.17) is 0 Å². The van der Waals surface area contributed by atoms with Gasteiger partial charge in [-0.2, -0.15) is 0 Å². The third-order valence-electron chi connectivity index (χ3n) is 4.96. The molecule has 1 heterocycles. The molecule has 0 bridgehead atoms. The van der Waals surface area contributed by atoms with Crippen molar-refractivity contribution in [3.63, 3.8) is 0 Å². The molecule has 2 atom stereocenters. The van der Waals surface area contributed by atoms with Gasteiger partial charge < -0.3 is 10.6 Å². The number of likely N-dealkylation sites (tertiary alicyclic amines) is 1. The van der Waals surface area contributed by atoms with Crippen molar-refractivity contribution >= 4 is 5.96 Å². The summed E-state index contributed by atoms with van der Waals surface area (Å²) in [7, 11) is 1.79. The molecule has 1 aromatic rings. The molecule has 4 nitrogen and oxygen atoms in total. The Morgan fingerprint density at radius 1 is 1.33 bits per heavy atom. The maximum absolute atomic E-state index is 13.9. The molecule has 2 fully saturated rings. The van der Waals surface area contributed by atoms with Crippen LogP contribution >= 0.6 is 0 Å². The monoisotopic (exact) mass is 330 g/mol. The summed E-state index contributed by atoms with van der Waals surface area (Å²) in [5.74, 6) is 0.976. The highest BCUT2D eigenvalue weighted by Gasteiger charge is 2.40. The maximum atomic E-state index is 13.9. The first-order valence-corrected chi connectivity index (χ1v) is 8.78. The third-order valence-corrected chi connectivity index (χ3v) is 4.96. The fraction of sp³-hybridized carbons (Fsp3) is 0.526.